The Hall–Kier alpha value is -2.47. The summed E-state index contributed by atoms with van der Waals surface area (Å²) in [6.45, 7) is 2.03. The van der Waals surface area contributed by atoms with Crippen LogP contribution in [0.4, 0.5) is 0 Å². The van der Waals surface area contributed by atoms with Gasteiger partial charge in [-0.1, -0.05) is 30.3 Å². The predicted octanol–water partition coefficient (Wildman–Crippen LogP) is 2.90. The zero-order valence-corrected chi connectivity index (χ0v) is 16.5. The number of aryl methyl sites for hydroxylation is 1. The van der Waals surface area contributed by atoms with Gasteiger partial charge in [0.15, 0.2) is 5.78 Å². The number of methoxy groups -OCH3 is 1. The molecule has 0 saturated heterocycles. The molecule has 1 unspecified atom stereocenters. The summed E-state index contributed by atoms with van der Waals surface area (Å²) < 4.78 is 17.6. The van der Waals surface area contributed by atoms with Crippen molar-refractivity contribution < 1.29 is 18.5 Å². The van der Waals surface area contributed by atoms with Gasteiger partial charge >= 0.3 is 0 Å². The number of carbonyl (C=O) groups is 2. The summed E-state index contributed by atoms with van der Waals surface area (Å²) in [5.74, 6) is 0.362. The highest BCUT2D eigenvalue weighted by Crippen LogP contribution is 2.22. The zero-order chi connectivity index (χ0) is 19.6. The number of ether oxygens (including phenoxy) is 1. The lowest BCUT2D eigenvalue weighted by atomic mass is 10.1. The summed E-state index contributed by atoms with van der Waals surface area (Å²) in [4.78, 5) is 23.5. The van der Waals surface area contributed by atoms with Gasteiger partial charge in [0.1, 0.15) is 11.5 Å². The molecule has 0 spiro atoms. The molecule has 0 bridgehead atoms. The quantitative estimate of drug-likeness (QED) is 0.503. The molecule has 0 fully saturated rings. The molecule has 0 heterocycles. The first kappa shape index (κ1) is 20.8. The fraction of sp³-hybridized carbons (Fsp3) is 0.333. The fourth-order valence-corrected chi connectivity index (χ4v) is 3.77. The molecular formula is C21H25NO4S. The minimum Gasteiger partial charge on any atom is -0.496 e. The highest BCUT2D eigenvalue weighted by atomic mass is 32.2. The molecule has 5 nitrogen and oxygen atoms in total. The monoisotopic (exact) mass is 387 g/mol. The minimum atomic E-state index is -1.38. The predicted molar refractivity (Wildman–Crippen MR) is 107 cm³/mol. The molecule has 6 heteroatoms. The second-order valence-corrected chi connectivity index (χ2v) is 7.71. The summed E-state index contributed by atoms with van der Waals surface area (Å²) in [7, 11) is 0.143. The van der Waals surface area contributed by atoms with Crippen LogP contribution in [0.25, 0.3) is 0 Å². The van der Waals surface area contributed by atoms with Crippen LogP contribution < -0.4 is 10.1 Å². The number of Topliss-reactive ketones (excluding diaryl/α,β-unsaturated/α-hetero) is 1. The van der Waals surface area contributed by atoms with Crippen molar-refractivity contribution in [2.24, 2.45) is 0 Å². The van der Waals surface area contributed by atoms with Gasteiger partial charge < -0.3 is 10.1 Å². The Morgan fingerprint density at radius 1 is 1.11 bits per heavy atom. The van der Waals surface area contributed by atoms with Crippen LogP contribution in [0.3, 0.4) is 0 Å². The van der Waals surface area contributed by atoms with E-state index in [0.29, 0.717) is 23.4 Å². The molecule has 2 aromatic carbocycles. The van der Waals surface area contributed by atoms with E-state index in [9.17, 15) is 13.8 Å². The van der Waals surface area contributed by atoms with Crippen molar-refractivity contribution in [2.45, 2.75) is 25.5 Å². The number of rotatable bonds is 10. The normalized spacial score (nSPS) is 11.6. The van der Waals surface area contributed by atoms with Crippen LogP contribution in [0.15, 0.2) is 48.5 Å². The van der Waals surface area contributed by atoms with Crippen LogP contribution in [0, 0.1) is 0 Å². The van der Waals surface area contributed by atoms with E-state index < -0.39 is 10.8 Å². The summed E-state index contributed by atoms with van der Waals surface area (Å²) in [5, 5.41) is 2.81. The highest BCUT2D eigenvalue weighted by molar-refractivity contribution is 7.84. The van der Waals surface area contributed by atoms with E-state index in [0.717, 1.165) is 12.8 Å². The average Bonchev–Trinajstić information content (AvgIpc) is 2.66. The maximum Gasteiger partial charge on any atom is 0.232 e. The SMILES string of the molecule is COc1ccc(C(C)=O)cc1CS(=O)CC(=O)NCCCc1ccccc1. The summed E-state index contributed by atoms with van der Waals surface area (Å²) in [6.07, 6.45) is 1.72. The molecule has 2 aromatic rings. The van der Waals surface area contributed by atoms with Crippen molar-refractivity contribution in [2.75, 3.05) is 19.4 Å². The van der Waals surface area contributed by atoms with Crippen molar-refractivity contribution in [1.29, 1.82) is 0 Å². The minimum absolute atomic E-state index is 0.0687. The summed E-state index contributed by atoms with van der Waals surface area (Å²) in [6, 6.07) is 15.1. The van der Waals surface area contributed by atoms with Gasteiger partial charge in [-0.25, -0.2) is 0 Å². The second kappa shape index (κ2) is 10.6. The molecule has 1 amide bonds. The first-order valence-electron chi connectivity index (χ1n) is 8.83. The summed E-state index contributed by atoms with van der Waals surface area (Å²) >= 11 is 0. The number of nitrogens with one attached hydrogen (secondary N) is 1. The lowest BCUT2D eigenvalue weighted by molar-refractivity contribution is -0.118. The van der Waals surface area contributed by atoms with Gasteiger partial charge in [-0.05, 0) is 43.5 Å². The van der Waals surface area contributed by atoms with E-state index >= 15 is 0 Å². The van der Waals surface area contributed by atoms with Crippen molar-refractivity contribution in [1.82, 2.24) is 5.32 Å². The second-order valence-electron chi connectivity index (χ2n) is 6.25. The van der Waals surface area contributed by atoms with Gasteiger partial charge in [0.05, 0.1) is 12.9 Å². The molecule has 1 N–H and O–H groups in total. The van der Waals surface area contributed by atoms with E-state index in [1.807, 2.05) is 18.2 Å². The smallest absolute Gasteiger partial charge is 0.232 e. The molecule has 0 aliphatic heterocycles. The third-order valence-electron chi connectivity index (χ3n) is 4.10. The first-order chi connectivity index (χ1) is 13.0. The lowest BCUT2D eigenvalue weighted by Gasteiger charge is -2.10. The molecular weight excluding hydrogens is 362 g/mol. The van der Waals surface area contributed by atoms with Gasteiger partial charge in [-0.15, -0.1) is 0 Å². The van der Waals surface area contributed by atoms with Crippen molar-refractivity contribution >= 4 is 22.5 Å². The number of ketones is 1. The Labute approximate surface area is 162 Å². The Kier molecular flexibility index (Phi) is 8.20. The van der Waals surface area contributed by atoms with E-state index in [4.69, 9.17) is 4.74 Å². The Balaban J connectivity index is 1.80. The van der Waals surface area contributed by atoms with Gasteiger partial charge in [-0.3, -0.25) is 13.8 Å². The number of carbonyl (C=O) groups excluding carboxylic acids is 2. The Morgan fingerprint density at radius 3 is 2.52 bits per heavy atom. The molecule has 27 heavy (non-hydrogen) atoms. The van der Waals surface area contributed by atoms with E-state index in [2.05, 4.69) is 17.4 Å². The van der Waals surface area contributed by atoms with Gasteiger partial charge in [0, 0.05) is 28.5 Å². The molecule has 0 aromatic heterocycles. The zero-order valence-electron chi connectivity index (χ0n) is 15.7. The van der Waals surface area contributed by atoms with Crippen LogP contribution in [-0.4, -0.2) is 35.3 Å². The number of benzene rings is 2. The first-order valence-corrected chi connectivity index (χ1v) is 10.3. The topological polar surface area (TPSA) is 72.5 Å². The highest BCUT2D eigenvalue weighted by Gasteiger charge is 2.13. The maximum absolute atomic E-state index is 12.3. The van der Waals surface area contributed by atoms with Crippen LogP contribution in [0.5, 0.6) is 5.75 Å². The van der Waals surface area contributed by atoms with E-state index in [-0.39, 0.29) is 23.2 Å². The van der Waals surface area contributed by atoms with Gasteiger partial charge in [0.25, 0.3) is 0 Å². The third kappa shape index (κ3) is 6.98. The Bertz CT molecular complexity index is 805. The molecule has 0 aliphatic carbocycles. The maximum atomic E-state index is 12.3. The van der Waals surface area contributed by atoms with Gasteiger partial charge in [-0.2, -0.15) is 0 Å². The standard InChI is InChI=1S/C21H25NO4S/c1-16(23)18-10-11-20(26-2)19(13-18)14-27(25)15-21(24)22-12-6-9-17-7-4-3-5-8-17/h3-5,7-8,10-11,13H,6,9,12,14-15H2,1-2H3,(H,22,24). The van der Waals surface area contributed by atoms with Crippen LogP contribution >= 0.6 is 0 Å². The fourth-order valence-electron chi connectivity index (χ4n) is 2.70. The Morgan fingerprint density at radius 2 is 1.85 bits per heavy atom. The number of hydrogen-bond donors (Lipinski definition) is 1. The average molecular weight is 388 g/mol. The molecule has 144 valence electrons. The van der Waals surface area contributed by atoms with Crippen LogP contribution in [0.2, 0.25) is 0 Å². The largest absolute Gasteiger partial charge is 0.496 e. The number of hydrogen-bond acceptors (Lipinski definition) is 4. The van der Waals surface area contributed by atoms with Crippen LogP contribution in [0.1, 0.15) is 34.8 Å². The number of amides is 1. The molecule has 0 saturated carbocycles. The third-order valence-corrected chi connectivity index (χ3v) is 5.32. The van der Waals surface area contributed by atoms with Crippen molar-refractivity contribution in [3.8, 4) is 5.75 Å². The van der Waals surface area contributed by atoms with Crippen molar-refractivity contribution in [3.05, 3.63) is 65.2 Å². The van der Waals surface area contributed by atoms with Crippen molar-refractivity contribution in [3.63, 3.8) is 0 Å². The summed E-state index contributed by atoms with van der Waals surface area (Å²) in [5.41, 5.74) is 2.43. The lowest BCUT2D eigenvalue weighted by Crippen LogP contribution is -2.29. The van der Waals surface area contributed by atoms with Gasteiger partial charge in [0.2, 0.25) is 5.91 Å². The van der Waals surface area contributed by atoms with E-state index in [1.54, 1.807) is 18.2 Å². The van der Waals surface area contributed by atoms with Crippen LogP contribution in [-0.2, 0) is 27.8 Å². The molecule has 0 aliphatic rings. The molecule has 1 atom stereocenters. The molecule has 2 rings (SSSR count). The van der Waals surface area contributed by atoms with E-state index in [1.165, 1.54) is 19.6 Å². The molecule has 0 radical (unpaired) electrons.